The third-order valence-corrected chi connectivity index (χ3v) is 5.72. The molecule has 0 saturated carbocycles. The second-order valence-corrected chi connectivity index (χ2v) is 7.90. The first-order chi connectivity index (χ1) is 13.0. The Morgan fingerprint density at radius 1 is 1.29 bits per heavy atom. The number of methoxy groups -OCH3 is 1. The van der Waals surface area contributed by atoms with Crippen LogP contribution < -0.4 is 10.6 Å². The molecule has 1 aliphatic rings. The quantitative estimate of drug-likeness (QED) is 0.737. The number of hydrogen-bond donors (Lipinski definition) is 2. The number of aryl methyl sites for hydroxylation is 1. The van der Waals surface area contributed by atoms with E-state index in [1.54, 1.807) is 7.11 Å². The molecule has 0 radical (unpaired) electrons. The standard InChI is InChI=1S/C21H28ClN3O2.ClH/c1-15-11-19(16(2)25(15)18-6-4-5-17(22)12-18)20(26)24-13-21(14-27-3)7-9-23-10-8-21;/h4-6,11-12,23H,7-10,13-14H2,1-3H3,(H,24,26);1H. The van der Waals surface area contributed by atoms with E-state index in [2.05, 4.69) is 15.2 Å². The summed E-state index contributed by atoms with van der Waals surface area (Å²) in [5.41, 5.74) is 3.60. The number of nitrogens with one attached hydrogen (secondary N) is 2. The molecule has 154 valence electrons. The second-order valence-electron chi connectivity index (χ2n) is 7.47. The van der Waals surface area contributed by atoms with Crippen LogP contribution in [-0.4, -0.2) is 43.8 Å². The van der Waals surface area contributed by atoms with Gasteiger partial charge in [0.25, 0.3) is 5.91 Å². The second kappa shape index (κ2) is 9.79. The van der Waals surface area contributed by atoms with Gasteiger partial charge in [-0.1, -0.05) is 17.7 Å². The van der Waals surface area contributed by atoms with Gasteiger partial charge >= 0.3 is 0 Å². The van der Waals surface area contributed by atoms with Crippen molar-refractivity contribution in [1.82, 2.24) is 15.2 Å². The van der Waals surface area contributed by atoms with Crippen molar-refractivity contribution in [3.8, 4) is 5.69 Å². The lowest BCUT2D eigenvalue weighted by Gasteiger charge is -2.37. The van der Waals surface area contributed by atoms with Crippen LogP contribution in [-0.2, 0) is 4.74 Å². The zero-order valence-electron chi connectivity index (χ0n) is 16.7. The Morgan fingerprint density at radius 3 is 2.64 bits per heavy atom. The Balaban J connectivity index is 0.00000280. The van der Waals surface area contributed by atoms with E-state index in [-0.39, 0.29) is 23.7 Å². The first kappa shape index (κ1) is 22.8. The Labute approximate surface area is 178 Å². The van der Waals surface area contributed by atoms with E-state index in [9.17, 15) is 4.79 Å². The smallest absolute Gasteiger partial charge is 0.253 e. The summed E-state index contributed by atoms with van der Waals surface area (Å²) in [5.74, 6) is -0.0367. The lowest BCUT2D eigenvalue weighted by atomic mass is 9.79. The molecule has 5 nitrogen and oxygen atoms in total. The number of halogens is 2. The van der Waals surface area contributed by atoms with E-state index in [1.165, 1.54) is 0 Å². The SMILES string of the molecule is COCC1(CNC(=O)c2cc(C)n(-c3cccc(Cl)c3)c2C)CCNCC1.Cl. The minimum atomic E-state index is -0.0367. The van der Waals surface area contributed by atoms with Crippen LogP contribution in [0, 0.1) is 19.3 Å². The highest BCUT2D eigenvalue weighted by atomic mass is 35.5. The number of nitrogens with zero attached hydrogens (tertiary/aromatic N) is 1. The molecule has 2 heterocycles. The van der Waals surface area contributed by atoms with Crippen molar-refractivity contribution >= 4 is 29.9 Å². The molecule has 0 unspecified atom stereocenters. The van der Waals surface area contributed by atoms with Gasteiger partial charge in [-0.2, -0.15) is 0 Å². The number of hydrogen-bond acceptors (Lipinski definition) is 3. The van der Waals surface area contributed by atoms with Gasteiger partial charge in [-0.25, -0.2) is 0 Å². The molecule has 2 N–H and O–H groups in total. The number of piperidine rings is 1. The number of rotatable bonds is 6. The van der Waals surface area contributed by atoms with E-state index in [0.717, 1.165) is 43.0 Å². The first-order valence-electron chi connectivity index (χ1n) is 9.38. The summed E-state index contributed by atoms with van der Waals surface area (Å²) in [6.07, 6.45) is 2.01. The zero-order chi connectivity index (χ0) is 19.4. The minimum absolute atomic E-state index is 0. The topological polar surface area (TPSA) is 55.3 Å². The number of carbonyl (C=O) groups is 1. The molecular weight excluding hydrogens is 397 g/mol. The fourth-order valence-electron chi connectivity index (χ4n) is 4.00. The normalized spacial score (nSPS) is 15.7. The number of ether oxygens (including phenoxy) is 1. The highest BCUT2D eigenvalue weighted by Crippen LogP contribution is 2.29. The molecule has 1 fully saturated rings. The maximum atomic E-state index is 12.9. The summed E-state index contributed by atoms with van der Waals surface area (Å²) >= 11 is 6.14. The summed E-state index contributed by atoms with van der Waals surface area (Å²) in [6, 6.07) is 9.61. The van der Waals surface area contributed by atoms with Gasteiger partial charge < -0.3 is 19.9 Å². The van der Waals surface area contributed by atoms with E-state index in [4.69, 9.17) is 16.3 Å². The summed E-state index contributed by atoms with van der Waals surface area (Å²) in [6.45, 7) is 7.19. The molecule has 2 aromatic rings. The Kier molecular flexibility index (Phi) is 7.96. The number of carbonyl (C=O) groups excluding carboxylic acids is 1. The van der Waals surface area contributed by atoms with Crippen molar-refractivity contribution in [2.45, 2.75) is 26.7 Å². The van der Waals surface area contributed by atoms with Crippen molar-refractivity contribution in [1.29, 1.82) is 0 Å². The third kappa shape index (κ3) is 4.90. The van der Waals surface area contributed by atoms with Crippen LogP contribution in [0.3, 0.4) is 0 Å². The minimum Gasteiger partial charge on any atom is -0.384 e. The monoisotopic (exact) mass is 425 g/mol. The van der Waals surface area contributed by atoms with Crippen LogP contribution in [0.1, 0.15) is 34.6 Å². The maximum absolute atomic E-state index is 12.9. The van der Waals surface area contributed by atoms with E-state index in [0.29, 0.717) is 23.7 Å². The average molecular weight is 426 g/mol. The zero-order valence-corrected chi connectivity index (χ0v) is 18.3. The third-order valence-electron chi connectivity index (χ3n) is 5.48. The summed E-state index contributed by atoms with van der Waals surface area (Å²) < 4.78 is 7.51. The number of benzene rings is 1. The van der Waals surface area contributed by atoms with Gasteiger partial charge in [-0.15, -0.1) is 12.4 Å². The predicted molar refractivity (Wildman–Crippen MR) is 116 cm³/mol. The van der Waals surface area contributed by atoms with Gasteiger partial charge in [-0.3, -0.25) is 4.79 Å². The summed E-state index contributed by atoms with van der Waals surface area (Å²) in [7, 11) is 1.73. The van der Waals surface area contributed by atoms with Crippen LogP contribution in [0.5, 0.6) is 0 Å². The van der Waals surface area contributed by atoms with Gasteiger partial charge in [0.15, 0.2) is 0 Å². The molecule has 3 rings (SSSR count). The lowest BCUT2D eigenvalue weighted by Crippen LogP contribution is -2.47. The van der Waals surface area contributed by atoms with Crippen molar-refractivity contribution in [3.05, 3.63) is 52.3 Å². The van der Waals surface area contributed by atoms with E-state index in [1.807, 2.05) is 44.2 Å². The molecule has 1 aliphatic heterocycles. The van der Waals surface area contributed by atoms with Crippen molar-refractivity contribution in [3.63, 3.8) is 0 Å². The van der Waals surface area contributed by atoms with Crippen LogP contribution in [0.4, 0.5) is 0 Å². The number of aromatic nitrogens is 1. The molecular formula is C21H29Cl2N3O2. The molecule has 1 saturated heterocycles. The highest BCUT2D eigenvalue weighted by Gasteiger charge is 2.33. The molecule has 7 heteroatoms. The van der Waals surface area contributed by atoms with Crippen molar-refractivity contribution < 1.29 is 9.53 Å². The van der Waals surface area contributed by atoms with Gasteiger partial charge in [0.2, 0.25) is 0 Å². The molecule has 1 aromatic carbocycles. The summed E-state index contributed by atoms with van der Waals surface area (Å²) in [5, 5.41) is 7.21. The summed E-state index contributed by atoms with van der Waals surface area (Å²) in [4.78, 5) is 12.9. The molecule has 1 amide bonds. The fourth-order valence-corrected chi connectivity index (χ4v) is 4.19. The molecule has 0 bridgehead atoms. The Bertz CT molecular complexity index is 808. The largest absolute Gasteiger partial charge is 0.384 e. The highest BCUT2D eigenvalue weighted by molar-refractivity contribution is 6.30. The number of amides is 1. The molecule has 0 spiro atoms. The van der Waals surface area contributed by atoms with Gasteiger partial charge in [0.05, 0.1) is 12.2 Å². The molecule has 28 heavy (non-hydrogen) atoms. The van der Waals surface area contributed by atoms with Crippen molar-refractivity contribution in [2.75, 3.05) is 33.4 Å². The molecule has 0 aliphatic carbocycles. The predicted octanol–water partition coefficient (Wildman–Crippen LogP) is 3.92. The molecule has 0 atom stereocenters. The van der Waals surface area contributed by atoms with Gasteiger partial charge in [0.1, 0.15) is 0 Å². The van der Waals surface area contributed by atoms with E-state index < -0.39 is 0 Å². The van der Waals surface area contributed by atoms with Crippen molar-refractivity contribution in [2.24, 2.45) is 5.41 Å². The first-order valence-corrected chi connectivity index (χ1v) is 9.76. The maximum Gasteiger partial charge on any atom is 0.253 e. The van der Waals surface area contributed by atoms with Crippen LogP contribution in [0.15, 0.2) is 30.3 Å². The fraction of sp³-hybridized carbons (Fsp3) is 0.476. The average Bonchev–Trinajstić information content (AvgIpc) is 2.95. The van der Waals surface area contributed by atoms with Crippen LogP contribution in [0.25, 0.3) is 5.69 Å². The van der Waals surface area contributed by atoms with Crippen LogP contribution >= 0.6 is 24.0 Å². The van der Waals surface area contributed by atoms with Crippen LogP contribution in [0.2, 0.25) is 5.02 Å². The molecule has 1 aromatic heterocycles. The van der Waals surface area contributed by atoms with Gasteiger partial charge in [-0.05, 0) is 64.0 Å². The Hall–Kier alpha value is -1.53. The van der Waals surface area contributed by atoms with Gasteiger partial charge in [0, 0.05) is 41.2 Å². The van der Waals surface area contributed by atoms with E-state index >= 15 is 0 Å². The lowest BCUT2D eigenvalue weighted by molar-refractivity contribution is 0.0511. The Morgan fingerprint density at radius 2 is 2.00 bits per heavy atom.